The van der Waals surface area contributed by atoms with Gasteiger partial charge in [0.05, 0.1) is 4.90 Å². The lowest BCUT2D eigenvalue weighted by atomic mass is 10.3. The Morgan fingerprint density at radius 3 is 2.27 bits per heavy atom. The number of aliphatic carboxylic acids is 1. The van der Waals surface area contributed by atoms with Gasteiger partial charge in [0.2, 0.25) is 10.0 Å². The summed E-state index contributed by atoms with van der Waals surface area (Å²) >= 11 is 0. The Morgan fingerprint density at radius 1 is 1.33 bits per heavy atom. The molecule has 0 aliphatic heterocycles. The van der Waals surface area contributed by atoms with Gasteiger partial charge in [0.15, 0.2) is 0 Å². The zero-order valence-corrected chi connectivity index (χ0v) is 8.49. The predicted molar refractivity (Wildman–Crippen MR) is 53.9 cm³/mol. The molecule has 0 spiro atoms. The average Bonchev–Trinajstić information content (AvgIpc) is 2.14. The Morgan fingerprint density at radius 2 is 1.87 bits per heavy atom. The smallest absolute Gasteiger partial charge is 0.322 e. The van der Waals surface area contributed by atoms with Gasteiger partial charge in [-0.25, -0.2) is 13.6 Å². The van der Waals surface area contributed by atoms with Gasteiger partial charge in [-0.05, 0) is 24.3 Å². The maximum absolute atomic E-state index is 10.9. The lowest BCUT2D eigenvalue weighted by Gasteiger charge is -2.03. The van der Waals surface area contributed by atoms with Gasteiger partial charge in [-0.15, -0.1) is 0 Å². The quantitative estimate of drug-likeness (QED) is 0.665. The van der Waals surface area contributed by atoms with Gasteiger partial charge in [-0.2, -0.15) is 0 Å². The van der Waals surface area contributed by atoms with Crippen molar-refractivity contribution in [1.29, 1.82) is 0 Å². The topological polar surface area (TPSA) is 109 Å². The summed E-state index contributed by atoms with van der Waals surface area (Å²) in [6, 6.07) is 5.50. The second kappa shape index (κ2) is 4.28. The Bertz CT molecular complexity index is 452. The molecule has 0 saturated heterocycles. The molecule has 15 heavy (non-hydrogen) atoms. The molecule has 0 aromatic heterocycles. The summed E-state index contributed by atoms with van der Waals surface area (Å²) < 4.78 is 21.7. The fourth-order valence-electron chi connectivity index (χ4n) is 0.940. The zero-order chi connectivity index (χ0) is 11.5. The second-order valence-corrected chi connectivity index (χ2v) is 4.38. The van der Waals surface area contributed by atoms with Crippen molar-refractivity contribution in [3.05, 3.63) is 24.3 Å². The lowest BCUT2D eigenvalue weighted by molar-refractivity contribution is -0.134. The molecule has 0 unspecified atom stereocenters. The maximum atomic E-state index is 10.9. The van der Waals surface area contributed by atoms with Gasteiger partial charge in [0, 0.05) is 5.69 Å². The number of rotatable bonds is 4. The normalized spacial score (nSPS) is 11.0. The van der Waals surface area contributed by atoms with Crippen LogP contribution in [0.3, 0.4) is 0 Å². The zero-order valence-electron chi connectivity index (χ0n) is 7.67. The van der Waals surface area contributed by atoms with E-state index in [1.807, 2.05) is 0 Å². The average molecular weight is 230 g/mol. The highest BCUT2D eigenvalue weighted by Gasteiger charge is 2.06. The number of nitrogens with two attached hydrogens (primary N) is 1. The van der Waals surface area contributed by atoms with Crippen LogP contribution in [0.1, 0.15) is 0 Å². The minimum absolute atomic E-state index is 0.0108. The van der Waals surface area contributed by atoms with Crippen LogP contribution in [0.4, 0.5) is 5.69 Å². The highest BCUT2D eigenvalue weighted by Crippen LogP contribution is 2.12. The molecular formula is C8H10N2O4S. The third kappa shape index (κ3) is 3.56. The Hall–Kier alpha value is -1.60. The lowest BCUT2D eigenvalue weighted by Crippen LogP contribution is -2.13. The number of hydrogen-bond acceptors (Lipinski definition) is 4. The molecule has 0 aliphatic rings. The molecule has 4 N–H and O–H groups in total. The number of nitrogens with one attached hydrogen (secondary N) is 1. The summed E-state index contributed by atoms with van der Waals surface area (Å²) in [5, 5.41) is 15.9. The van der Waals surface area contributed by atoms with E-state index in [-0.39, 0.29) is 11.4 Å². The van der Waals surface area contributed by atoms with Gasteiger partial charge in [-0.3, -0.25) is 4.79 Å². The van der Waals surface area contributed by atoms with E-state index in [9.17, 15) is 13.2 Å². The first kappa shape index (κ1) is 11.5. The van der Waals surface area contributed by atoms with E-state index in [0.717, 1.165) is 0 Å². The number of benzene rings is 1. The van der Waals surface area contributed by atoms with Crippen molar-refractivity contribution in [3.63, 3.8) is 0 Å². The molecule has 0 heterocycles. The minimum atomic E-state index is -3.69. The van der Waals surface area contributed by atoms with Crippen LogP contribution in [0.5, 0.6) is 0 Å². The van der Waals surface area contributed by atoms with Crippen molar-refractivity contribution in [2.24, 2.45) is 5.14 Å². The van der Waals surface area contributed by atoms with E-state index in [1.165, 1.54) is 24.3 Å². The number of carbonyl (C=O) groups is 1. The third-order valence-electron chi connectivity index (χ3n) is 1.63. The van der Waals surface area contributed by atoms with Crippen LogP contribution in [0.2, 0.25) is 0 Å². The molecular weight excluding hydrogens is 220 g/mol. The van der Waals surface area contributed by atoms with Gasteiger partial charge in [0.1, 0.15) is 6.54 Å². The summed E-state index contributed by atoms with van der Waals surface area (Å²) in [5.74, 6) is -0.995. The first-order chi connectivity index (χ1) is 6.89. The van der Waals surface area contributed by atoms with Gasteiger partial charge < -0.3 is 10.4 Å². The van der Waals surface area contributed by atoms with Crippen molar-refractivity contribution in [2.45, 2.75) is 4.90 Å². The number of carboxylic acid groups (broad SMARTS) is 1. The summed E-state index contributed by atoms with van der Waals surface area (Å²) in [6.45, 7) is -0.227. The number of anilines is 1. The molecule has 0 atom stereocenters. The summed E-state index contributed by atoms with van der Waals surface area (Å²) in [7, 11) is -3.69. The number of hydrogen-bond donors (Lipinski definition) is 3. The van der Waals surface area contributed by atoms with Crippen LogP contribution < -0.4 is 10.5 Å². The summed E-state index contributed by atoms with van der Waals surface area (Å²) in [6.07, 6.45) is 0. The first-order valence-corrected chi connectivity index (χ1v) is 5.53. The largest absolute Gasteiger partial charge is 0.480 e. The monoisotopic (exact) mass is 230 g/mol. The highest BCUT2D eigenvalue weighted by atomic mass is 32.2. The summed E-state index contributed by atoms with van der Waals surface area (Å²) in [5.41, 5.74) is 0.518. The number of primary sulfonamides is 1. The first-order valence-electron chi connectivity index (χ1n) is 3.98. The van der Waals surface area contributed by atoms with E-state index in [0.29, 0.717) is 5.69 Å². The standard InChI is InChI=1S/C8H10N2O4S/c9-15(13,14)7-3-1-6(2-4-7)10-5-8(11)12/h1-4,10H,5H2,(H,11,12)(H2,9,13,14). The SMILES string of the molecule is NS(=O)(=O)c1ccc(NCC(=O)O)cc1. The van der Waals surface area contributed by atoms with Crippen LogP contribution in [-0.4, -0.2) is 26.0 Å². The van der Waals surface area contributed by atoms with Gasteiger partial charge >= 0.3 is 5.97 Å². The van der Waals surface area contributed by atoms with E-state index in [1.54, 1.807) is 0 Å². The van der Waals surface area contributed by atoms with Crippen LogP contribution >= 0.6 is 0 Å². The minimum Gasteiger partial charge on any atom is -0.480 e. The van der Waals surface area contributed by atoms with Crippen molar-refractivity contribution >= 4 is 21.7 Å². The Kier molecular flexibility index (Phi) is 3.28. The van der Waals surface area contributed by atoms with Crippen LogP contribution in [0, 0.1) is 0 Å². The van der Waals surface area contributed by atoms with E-state index >= 15 is 0 Å². The molecule has 0 bridgehead atoms. The molecule has 0 saturated carbocycles. The van der Waals surface area contributed by atoms with E-state index < -0.39 is 16.0 Å². The molecule has 6 nitrogen and oxygen atoms in total. The second-order valence-electron chi connectivity index (χ2n) is 2.82. The van der Waals surface area contributed by atoms with Crippen LogP contribution in [0.15, 0.2) is 29.2 Å². The molecule has 1 aromatic carbocycles. The molecule has 1 aromatic rings. The van der Waals surface area contributed by atoms with Gasteiger partial charge in [-0.1, -0.05) is 0 Å². The molecule has 0 fully saturated rings. The van der Waals surface area contributed by atoms with Crippen molar-refractivity contribution < 1.29 is 18.3 Å². The molecule has 7 heteroatoms. The molecule has 0 aliphatic carbocycles. The van der Waals surface area contributed by atoms with Crippen molar-refractivity contribution in [3.8, 4) is 0 Å². The number of sulfonamides is 1. The molecule has 1 rings (SSSR count). The third-order valence-corrected chi connectivity index (χ3v) is 2.56. The molecule has 82 valence electrons. The molecule has 0 amide bonds. The fraction of sp³-hybridized carbons (Fsp3) is 0.125. The van der Waals surface area contributed by atoms with E-state index in [4.69, 9.17) is 10.2 Å². The molecule has 0 radical (unpaired) electrons. The Balaban J connectivity index is 2.77. The fourth-order valence-corrected chi connectivity index (χ4v) is 1.46. The van der Waals surface area contributed by atoms with Crippen molar-refractivity contribution in [2.75, 3.05) is 11.9 Å². The van der Waals surface area contributed by atoms with Gasteiger partial charge in [0.25, 0.3) is 0 Å². The van der Waals surface area contributed by atoms with Crippen molar-refractivity contribution in [1.82, 2.24) is 0 Å². The highest BCUT2D eigenvalue weighted by molar-refractivity contribution is 7.89. The predicted octanol–water partition coefficient (Wildman–Crippen LogP) is -0.170. The van der Waals surface area contributed by atoms with E-state index in [2.05, 4.69) is 5.32 Å². The Labute approximate surface area is 86.8 Å². The number of carboxylic acids is 1. The summed E-state index contributed by atoms with van der Waals surface area (Å²) in [4.78, 5) is 10.2. The van der Waals surface area contributed by atoms with Crippen LogP contribution in [-0.2, 0) is 14.8 Å². The maximum Gasteiger partial charge on any atom is 0.322 e. The van der Waals surface area contributed by atoms with Crippen LogP contribution in [0.25, 0.3) is 0 Å².